The van der Waals surface area contributed by atoms with Gasteiger partial charge in [-0.1, -0.05) is 6.92 Å². The molecule has 0 aliphatic carbocycles. The quantitative estimate of drug-likeness (QED) is 0.704. The smallest absolute Gasteiger partial charge is 0.317 e. The van der Waals surface area contributed by atoms with Crippen LogP contribution in [0.15, 0.2) is 0 Å². The van der Waals surface area contributed by atoms with Crippen molar-refractivity contribution in [1.29, 1.82) is 0 Å². The normalized spacial score (nSPS) is 14.0. The van der Waals surface area contributed by atoms with Crippen molar-refractivity contribution in [1.82, 2.24) is 10.2 Å². The fraction of sp³-hybridized carbons (Fsp3) is 0.846. The molecule has 0 aromatic heterocycles. The van der Waals surface area contributed by atoms with Crippen LogP contribution in [-0.4, -0.2) is 54.9 Å². The monoisotopic (exact) mass is 274 g/mol. The van der Waals surface area contributed by atoms with Gasteiger partial charge in [0.1, 0.15) is 0 Å². The number of carboxylic acids is 1. The van der Waals surface area contributed by atoms with Gasteiger partial charge in [-0.05, 0) is 27.2 Å². The SMILES string of the molecule is CCC(C)(CNC(=O)N(CCOC)C(C)C)C(=O)O. The number of nitrogens with one attached hydrogen (secondary N) is 1. The largest absolute Gasteiger partial charge is 0.481 e. The molecular formula is C13H26N2O4. The van der Waals surface area contributed by atoms with E-state index in [0.717, 1.165) is 0 Å². The molecule has 6 nitrogen and oxygen atoms in total. The van der Waals surface area contributed by atoms with Gasteiger partial charge in [0, 0.05) is 26.2 Å². The third-order valence-electron chi connectivity index (χ3n) is 3.35. The van der Waals surface area contributed by atoms with Crippen LogP contribution in [-0.2, 0) is 9.53 Å². The summed E-state index contributed by atoms with van der Waals surface area (Å²) in [5, 5.41) is 11.8. The molecule has 112 valence electrons. The van der Waals surface area contributed by atoms with Gasteiger partial charge >= 0.3 is 12.0 Å². The number of nitrogens with zero attached hydrogens (tertiary/aromatic N) is 1. The molecule has 0 spiro atoms. The van der Waals surface area contributed by atoms with Crippen molar-refractivity contribution < 1.29 is 19.4 Å². The summed E-state index contributed by atoms with van der Waals surface area (Å²) in [5.74, 6) is -0.900. The number of carbonyl (C=O) groups excluding carboxylic acids is 1. The third-order valence-corrected chi connectivity index (χ3v) is 3.35. The van der Waals surface area contributed by atoms with Crippen LogP contribution in [0.3, 0.4) is 0 Å². The average Bonchev–Trinajstić information content (AvgIpc) is 2.35. The summed E-state index contributed by atoms with van der Waals surface area (Å²) in [6, 6.07) is -0.221. The third kappa shape index (κ3) is 5.46. The number of amides is 2. The van der Waals surface area contributed by atoms with E-state index < -0.39 is 11.4 Å². The molecule has 0 fully saturated rings. The number of methoxy groups -OCH3 is 1. The van der Waals surface area contributed by atoms with Crippen LogP contribution in [0.25, 0.3) is 0 Å². The first-order valence-corrected chi connectivity index (χ1v) is 6.55. The average molecular weight is 274 g/mol. The highest BCUT2D eigenvalue weighted by molar-refractivity contribution is 5.78. The van der Waals surface area contributed by atoms with Gasteiger partial charge in [-0.15, -0.1) is 0 Å². The van der Waals surface area contributed by atoms with Crippen molar-refractivity contribution in [3.05, 3.63) is 0 Å². The van der Waals surface area contributed by atoms with Crippen LogP contribution in [0.2, 0.25) is 0 Å². The van der Waals surface area contributed by atoms with E-state index >= 15 is 0 Å². The minimum Gasteiger partial charge on any atom is -0.481 e. The molecule has 0 aromatic carbocycles. The first-order valence-electron chi connectivity index (χ1n) is 6.55. The van der Waals surface area contributed by atoms with E-state index in [4.69, 9.17) is 9.84 Å². The zero-order valence-electron chi connectivity index (χ0n) is 12.5. The molecule has 0 aromatic rings. The number of urea groups is 1. The van der Waals surface area contributed by atoms with Crippen LogP contribution in [0.4, 0.5) is 4.79 Å². The zero-order valence-corrected chi connectivity index (χ0v) is 12.5. The second-order valence-corrected chi connectivity index (χ2v) is 5.16. The number of aliphatic carboxylic acids is 1. The molecule has 0 bridgehead atoms. The molecule has 0 saturated carbocycles. The fourth-order valence-electron chi connectivity index (χ4n) is 1.51. The summed E-state index contributed by atoms with van der Waals surface area (Å²) in [6.45, 7) is 8.30. The van der Waals surface area contributed by atoms with E-state index in [1.807, 2.05) is 13.8 Å². The van der Waals surface area contributed by atoms with Gasteiger partial charge in [0.15, 0.2) is 0 Å². The minimum atomic E-state index is -0.931. The number of hydrogen-bond acceptors (Lipinski definition) is 3. The van der Waals surface area contributed by atoms with Crippen molar-refractivity contribution in [3.8, 4) is 0 Å². The number of ether oxygens (including phenoxy) is 1. The van der Waals surface area contributed by atoms with Gasteiger partial charge in [0.05, 0.1) is 12.0 Å². The Kier molecular flexibility index (Phi) is 7.44. The molecule has 19 heavy (non-hydrogen) atoms. The summed E-state index contributed by atoms with van der Waals surface area (Å²) in [5.41, 5.74) is -0.931. The molecule has 1 atom stereocenters. The lowest BCUT2D eigenvalue weighted by atomic mass is 9.88. The van der Waals surface area contributed by atoms with Crippen molar-refractivity contribution in [2.45, 2.75) is 40.2 Å². The number of carbonyl (C=O) groups is 2. The highest BCUT2D eigenvalue weighted by Gasteiger charge is 2.32. The maximum atomic E-state index is 12.0. The van der Waals surface area contributed by atoms with Gasteiger partial charge in [0.2, 0.25) is 0 Å². The van der Waals surface area contributed by atoms with E-state index in [2.05, 4.69) is 5.32 Å². The van der Waals surface area contributed by atoms with Gasteiger partial charge in [0.25, 0.3) is 0 Å². The first-order chi connectivity index (χ1) is 8.78. The van der Waals surface area contributed by atoms with E-state index in [-0.39, 0.29) is 18.6 Å². The fourth-order valence-corrected chi connectivity index (χ4v) is 1.51. The van der Waals surface area contributed by atoms with Crippen LogP contribution >= 0.6 is 0 Å². The Morgan fingerprint density at radius 3 is 2.37 bits per heavy atom. The zero-order chi connectivity index (χ0) is 15.1. The van der Waals surface area contributed by atoms with Gasteiger partial charge in [-0.2, -0.15) is 0 Å². The summed E-state index contributed by atoms with van der Waals surface area (Å²) >= 11 is 0. The Hall–Kier alpha value is -1.30. The van der Waals surface area contributed by atoms with Crippen molar-refractivity contribution in [2.24, 2.45) is 5.41 Å². The number of rotatable bonds is 8. The number of hydrogen-bond donors (Lipinski definition) is 2. The second-order valence-electron chi connectivity index (χ2n) is 5.16. The lowest BCUT2D eigenvalue weighted by molar-refractivity contribution is -0.147. The minimum absolute atomic E-state index is 0.0351. The molecule has 1 unspecified atom stereocenters. The molecule has 0 aliphatic rings. The second kappa shape index (κ2) is 7.99. The maximum absolute atomic E-state index is 12.0. The maximum Gasteiger partial charge on any atom is 0.317 e. The number of carboxylic acid groups (broad SMARTS) is 1. The summed E-state index contributed by atoms with van der Waals surface area (Å²) in [6.07, 6.45) is 0.461. The lowest BCUT2D eigenvalue weighted by Gasteiger charge is -2.29. The van der Waals surface area contributed by atoms with Crippen molar-refractivity contribution in [3.63, 3.8) is 0 Å². The van der Waals surface area contributed by atoms with Crippen molar-refractivity contribution in [2.75, 3.05) is 26.8 Å². The Bertz CT molecular complexity index is 307. The summed E-state index contributed by atoms with van der Waals surface area (Å²) in [7, 11) is 1.58. The lowest BCUT2D eigenvalue weighted by Crippen LogP contribution is -2.49. The van der Waals surface area contributed by atoms with Gasteiger partial charge in [-0.25, -0.2) is 4.79 Å². The molecule has 0 rings (SSSR count). The molecular weight excluding hydrogens is 248 g/mol. The molecule has 0 radical (unpaired) electrons. The molecule has 0 saturated heterocycles. The Morgan fingerprint density at radius 2 is 2.00 bits per heavy atom. The van der Waals surface area contributed by atoms with Gasteiger partial charge < -0.3 is 20.1 Å². The molecule has 0 aliphatic heterocycles. The summed E-state index contributed by atoms with van der Waals surface area (Å²) in [4.78, 5) is 24.8. The highest BCUT2D eigenvalue weighted by Crippen LogP contribution is 2.20. The van der Waals surface area contributed by atoms with Gasteiger partial charge in [-0.3, -0.25) is 4.79 Å². The van der Waals surface area contributed by atoms with Crippen molar-refractivity contribution >= 4 is 12.0 Å². The Balaban J connectivity index is 4.52. The molecule has 2 amide bonds. The van der Waals surface area contributed by atoms with Crippen LogP contribution in [0, 0.1) is 5.41 Å². The Labute approximate surface area is 115 Å². The topological polar surface area (TPSA) is 78.9 Å². The molecule has 6 heteroatoms. The molecule has 2 N–H and O–H groups in total. The van der Waals surface area contributed by atoms with Crippen LogP contribution < -0.4 is 5.32 Å². The van der Waals surface area contributed by atoms with Crippen LogP contribution in [0.5, 0.6) is 0 Å². The molecule has 0 heterocycles. The van der Waals surface area contributed by atoms with E-state index in [1.165, 1.54) is 0 Å². The predicted octanol–water partition coefficient (Wildman–Crippen LogP) is 1.55. The van der Waals surface area contributed by atoms with E-state index in [0.29, 0.717) is 19.6 Å². The summed E-state index contributed by atoms with van der Waals surface area (Å²) < 4.78 is 4.96. The van der Waals surface area contributed by atoms with E-state index in [9.17, 15) is 9.59 Å². The standard InChI is InChI=1S/C13H26N2O4/c1-6-13(4,11(16)17)9-14-12(18)15(10(2)3)7-8-19-5/h10H,6-9H2,1-5H3,(H,14,18)(H,16,17). The van der Waals surface area contributed by atoms with E-state index in [1.54, 1.807) is 25.9 Å². The first kappa shape index (κ1) is 17.7. The predicted molar refractivity (Wildman–Crippen MR) is 73.2 cm³/mol. The highest BCUT2D eigenvalue weighted by atomic mass is 16.5. The van der Waals surface area contributed by atoms with Crippen LogP contribution in [0.1, 0.15) is 34.1 Å². The Morgan fingerprint density at radius 1 is 1.42 bits per heavy atom.